The van der Waals surface area contributed by atoms with E-state index in [2.05, 4.69) is 5.32 Å². The standard InChI is InChI=1S/C21H20ClFN2O3/c1-4-24-21(27)12(2)25(3)14-6-8-16-17(11-20(26)28-19(16)10-14)15-7-5-13(23)9-18(15)22/h5-12H,4H2,1-3H3,(H,24,27). The molecule has 0 aliphatic rings. The molecule has 5 nitrogen and oxygen atoms in total. The molecule has 1 atom stereocenters. The number of hydrogen-bond acceptors (Lipinski definition) is 4. The van der Waals surface area contributed by atoms with Gasteiger partial charge in [-0.3, -0.25) is 4.79 Å². The number of carbonyl (C=O) groups is 1. The molecule has 0 bridgehead atoms. The fourth-order valence-corrected chi connectivity index (χ4v) is 3.29. The van der Waals surface area contributed by atoms with Gasteiger partial charge in [0, 0.05) is 47.9 Å². The Morgan fingerprint density at radius 2 is 1.96 bits per heavy atom. The average molecular weight is 403 g/mol. The lowest BCUT2D eigenvalue weighted by Gasteiger charge is -2.26. The van der Waals surface area contributed by atoms with Gasteiger partial charge in [0.1, 0.15) is 17.4 Å². The van der Waals surface area contributed by atoms with Gasteiger partial charge in [-0.05, 0) is 44.2 Å². The van der Waals surface area contributed by atoms with E-state index in [-0.39, 0.29) is 10.9 Å². The van der Waals surface area contributed by atoms with E-state index in [4.69, 9.17) is 16.0 Å². The third-order valence-corrected chi connectivity index (χ3v) is 4.98. The Bertz CT molecular complexity index is 1100. The molecule has 2 aromatic carbocycles. The highest BCUT2D eigenvalue weighted by Gasteiger charge is 2.19. The summed E-state index contributed by atoms with van der Waals surface area (Å²) in [4.78, 5) is 26.0. The van der Waals surface area contributed by atoms with Crippen LogP contribution in [0.4, 0.5) is 10.1 Å². The highest BCUT2D eigenvalue weighted by Crippen LogP contribution is 2.34. The predicted octanol–water partition coefficient (Wildman–Crippen LogP) is 4.21. The fourth-order valence-electron chi connectivity index (χ4n) is 3.02. The molecule has 0 aliphatic heterocycles. The number of amides is 1. The molecule has 0 saturated carbocycles. The maximum absolute atomic E-state index is 13.4. The lowest BCUT2D eigenvalue weighted by Crippen LogP contribution is -2.43. The van der Waals surface area contributed by atoms with Crippen LogP contribution < -0.4 is 15.8 Å². The number of rotatable bonds is 5. The SMILES string of the molecule is CCNC(=O)C(C)N(C)c1ccc2c(-c3ccc(F)cc3Cl)cc(=O)oc2c1. The molecule has 1 amide bonds. The van der Waals surface area contributed by atoms with Gasteiger partial charge in [0.2, 0.25) is 5.91 Å². The summed E-state index contributed by atoms with van der Waals surface area (Å²) in [6, 6.07) is 10.3. The number of carbonyl (C=O) groups excluding carboxylic acids is 1. The highest BCUT2D eigenvalue weighted by molar-refractivity contribution is 6.33. The molecule has 7 heteroatoms. The second kappa shape index (κ2) is 8.02. The van der Waals surface area contributed by atoms with Crippen molar-refractivity contribution in [2.45, 2.75) is 19.9 Å². The van der Waals surface area contributed by atoms with Crippen molar-refractivity contribution in [2.24, 2.45) is 0 Å². The minimum Gasteiger partial charge on any atom is -0.423 e. The smallest absolute Gasteiger partial charge is 0.336 e. The molecule has 1 aromatic heterocycles. The highest BCUT2D eigenvalue weighted by atomic mass is 35.5. The van der Waals surface area contributed by atoms with Crippen LogP contribution in [0.3, 0.4) is 0 Å². The van der Waals surface area contributed by atoms with Gasteiger partial charge in [-0.2, -0.15) is 0 Å². The summed E-state index contributed by atoms with van der Waals surface area (Å²) in [5.74, 6) is -0.553. The fraction of sp³-hybridized carbons (Fsp3) is 0.238. The van der Waals surface area contributed by atoms with E-state index < -0.39 is 17.5 Å². The molecule has 0 fully saturated rings. The Labute approximate surface area is 166 Å². The molecule has 3 aromatic rings. The van der Waals surface area contributed by atoms with Crippen molar-refractivity contribution in [1.82, 2.24) is 5.32 Å². The quantitative estimate of drug-likeness (QED) is 0.649. The molecule has 1 unspecified atom stereocenters. The van der Waals surface area contributed by atoms with Gasteiger partial charge in [0.05, 0.1) is 5.02 Å². The van der Waals surface area contributed by atoms with Crippen molar-refractivity contribution >= 4 is 34.2 Å². The van der Waals surface area contributed by atoms with Gasteiger partial charge in [-0.15, -0.1) is 0 Å². The monoisotopic (exact) mass is 402 g/mol. The zero-order valence-electron chi connectivity index (χ0n) is 15.8. The van der Waals surface area contributed by atoms with Crippen LogP contribution in [-0.2, 0) is 4.79 Å². The van der Waals surface area contributed by atoms with Gasteiger partial charge in [-0.25, -0.2) is 9.18 Å². The summed E-state index contributed by atoms with van der Waals surface area (Å²) in [6.07, 6.45) is 0. The molecular formula is C21H20ClFN2O3. The third-order valence-electron chi connectivity index (χ3n) is 4.67. The molecule has 3 rings (SSSR count). The topological polar surface area (TPSA) is 62.6 Å². The van der Waals surface area contributed by atoms with E-state index in [9.17, 15) is 14.0 Å². The third kappa shape index (κ3) is 3.87. The van der Waals surface area contributed by atoms with E-state index in [1.807, 2.05) is 13.0 Å². The van der Waals surface area contributed by atoms with Crippen LogP contribution in [0.5, 0.6) is 0 Å². The number of fused-ring (bicyclic) bond motifs is 1. The molecule has 0 spiro atoms. The largest absolute Gasteiger partial charge is 0.423 e. The van der Waals surface area contributed by atoms with Gasteiger partial charge in [0.25, 0.3) is 0 Å². The molecule has 1 N–H and O–H groups in total. The van der Waals surface area contributed by atoms with Gasteiger partial charge >= 0.3 is 5.63 Å². The molecule has 28 heavy (non-hydrogen) atoms. The zero-order chi connectivity index (χ0) is 20.4. The summed E-state index contributed by atoms with van der Waals surface area (Å²) >= 11 is 6.18. The summed E-state index contributed by atoms with van der Waals surface area (Å²) in [6.45, 7) is 4.20. The Morgan fingerprint density at radius 3 is 2.64 bits per heavy atom. The molecule has 0 radical (unpaired) electrons. The minimum absolute atomic E-state index is 0.0987. The molecule has 0 aliphatic carbocycles. The first-order valence-electron chi connectivity index (χ1n) is 8.85. The lowest BCUT2D eigenvalue weighted by atomic mass is 10.0. The average Bonchev–Trinajstić information content (AvgIpc) is 2.66. The normalized spacial score (nSPS) is 12.0. The number of benzene rings is 2. The number of halogens is 2. The van der Waals surface area contributed by atoms with Crippen LogP contribution in [0.25, 0.3) is 22.1 Å². The van der Waals surface area contributed by atoms with Crippen LogP contribution in [0, 0.1) is 5.82 Å². The Kier molecular flexibility index (Phi) is 5.70. The maximum Gasteiger partial charge on any atom is 0.336 e. The van der Waals surface area contributed by atoms with Crippen molar-refractivity contribution in [3.63, 3.8) is 0 Å². The number of nitrogens with zero attached hydrogens (tertiary/aromatic N) is 1. The lowest BCUT2D eigenvalue weighted by molar-refractivity contribution is -0.121. The first kappa shape index (κ1) is 19.9. The van der Waals surface area contributed by atoms with Crippen LogP contribution in [0.2, 0.25) is 5.02 Å². The van der Waals surface area contributed by atoms with E-state index in [1.165, 1.54) is 24.3 Å². The van der Waals surface area contributed by atoms with E-state index in [0.717, 1.165) is 5.69 Å². The Morgan fingerprint density at radius 1 is 1.21 bits per heavy atom. The predicted molar refractivity (Wildman–Crippen MR) is 109 cm³/mol. The van der Waals surface area contributed by atoms with Gasteiger partial charge in [0.15, 0.2) is 0 Å². The summed E-state index contributed by atoms with van der Waals surface area (Å²) in [7, 11) is 1.79. The van der Waals surface area contributed by atoms with E-state index >= 15 is 0 Å². The zero-order valence-corrected chi connectivity index (χ0v) is 16.5. The summed E-state index contributed by atoms with van der Waals surface area (Å²) < 4.78 is 18.8. The maximum atomic E-state index is 13.4. The number of likely N-dealkylation sites (N-methyl/N-ethyl adjacent to an activating group) is 2. The minimum atomic E-state index is -0.542. The van der Waals surface area contributed by atoms with E-state index in [1.54, 1.807) is 31.0 Å². The van der Waals surface area contributed by atoms with Crippen molar-refractivity contribution < 1.29 is 13.6 Å². The molecule has 146 valence electrons. The van der Waals surface area contributed by atoms with Crippen LogP contribution in [0.15, 0.2) is 51.7 Å². The number of anilines is 1. The van der Waals surface area contributed by atoms with Crippen molar-refractivity contribution in [1.29, 1.82) is 0 Å². The van der Waals surface area contributed by atoms with Crippen molar-refractivity contribution in [3.05, 3.63) is 63.7 Å². The number of nitrogens with one attached hydrogen (secondary N) is 1. The first-order valence-corrected chi connectivity index (χ1v) is 9.23. The van der Waals surface area contributed by atoms with Crippen molar-refractivity contribution in [2.75, 3.05) is 18.5 Å². The van der Waals surface area contributed by atoms with Crippen LogP contribution in [0.1, 0.15) is 13.8 Å². The van der Waals surface area contributed by atoms with Crippen LogP contribution in [-0.4, -0.2) is 25.5 Å². The first-order chi connectivity index (χ1) is 13.3. The van der Waals surface area contributed by atoms with E-state index in [0.29, 0.717) is 28.6 Å². The van der Waals surface area contributed by atoms with Gasteiger partial charge in [-0.1, -0.05) is 11.6 Å². The second-order valence-electron chi connectivity index (χ2n) is 6.47. The van der Waals surface area contributed by atoms with Crippen LogP contribution >= 0.6 is 11.6 Å². The second-order valence-corrected chi connectivity index (χ2v) is 6.87. The van der Waals surface area contributed by atoms with Crippen molar-refractivity contribution in [3.8, 4) is 11.1 Å². The summed E-state index contributed by atoms with van der Waals surface area (Å²) in [5.41, 5.74) is 1.63. The van der Waals surface area contributed by atoms with Gasteiger partial charge < -0.3 is 14.6 Å². The Balaban J connectivity index is 2.09. The summed E-state index contributed by atoms with van der Waals surface area (Å²) in [5, 5.41) is 3.65. The molecule has 1 heterocycles. The molecular weight excluding hydrogens is 383 g/mol. The Hall–Kier alpha value is -2.86. The molecule has 0 saturated heterocycles. The number of hydrogen-bond donors (Lipinski definition) is 1.